The van der Waals surface area contributed by atoms with Gasteiger partial charge in [0.1, 0.15) is 0 Å². The summed E-state index contributed by atoms with van der Waals surface area (Å²) in [5.74, 6) is 0.686. The second-order valence-corrected chi connectivity index (χ2v) is 15.9. The smallest absolute Gasteiger partial charge is 0.235 e. The lowest BCUT2D eigenvalue weighted by molar-refractivity contribution is 0.783. The summed E-state index contributed by atoms with van der Waals surface area (Å²) < 4.78 is 4.69. The molecule has 0 N–H and O–H groups in total. The zero-order valence-electron chi connectivity index (χ0n) is 29.5. The number of nitrogens with zero attached hydrogens (tertiary/aromatic N) is 3. The lowest BCUT2D eigenvalue weighted by Gasteiger charge is -2.38. The minimum Gasteiger partial charge on any atom is -0.278 e. The fraction of sp³-hybridized carbons (Fsp3) is 0.0196. The zero-order valence-corrected chi connectivity index (χ0v) is 30.3. The van der Waals surface area contributed by atoms with E-state index in [1.54, 1.807) is 11.3 Å². The molecule has 0 bridgehead atoms. The van der Waals surface area contributed by atoms with E-state index in [0.29, 0.717) is 5.95 Å². The van der Waals surface area contributed by atoms with Crippen LogP contribution in [0.4, 0.5) is 0 Å². The van der Waals surface area contributed by atoms with Gasteiger partial charge in [-0.3, -0.25) is 4.57 Å². The van der Waals surface area contributed by atoms with Gasteiger partial charge in [-0.15, -0.1) is 11.3 Å². The maximum Gasteiger partial charge on any atom is 0.235 e. The van der Waals surface area contributed by atoms with Crippen molar-refractivity contribution in [3.8, 4) is 39.5 Å². The summed E-state index contributed by atoms with van der Waals surface area (Å²) in [5, 5.41) is 6.26. The Hall–Kier alpha value is -6.88. The number of hydrogen-bond donors (Lipinski definition) is 0. The normalized spacial score (nSPS) is 13.6. The van der Waals surface area contributed by atoms with Gasteiger partial charge in [-0.25, -0.2) is 9.97 Å². The van der Waals surface area contributed by atoms with Crippen LogP contribution in [-0.2, 0) is 5.41 Å². The lowest BCUT2D eigenvalue weighted by Crippen LogP contribution is -2.30. The molecule has 0 aliphatic heterocycles. The van der Waals surface area contributed by atoms with Crippen molar-refractivity contribution in [3.05, 3.63) is 198 Å². The summed E-state index contributed by atoms with van der Waals surface area (Å²) in [4.78, 5) is 11.1. The molecule has 0 radical (unpaired) electrons. The quantitative estimate of drug-likeness (QED) is 0.182. The second-order valence-electron chi connectivity index (χ2n) is 14.8. The van der Waals surface area contributed by atoms with E-state index in [4.69, 9.17) is 9.97 Å². The molecule has 2 aliphatic rings. The average molecular weight is 716 g/mol. The van der Waals surface area contributed by atoms with Crippen molar-refractivity contribution < 1.29 is 0 Å². The van der Waals surface area contributed by atoms with E-state index in [1.807, 2.05) is 0 Å². The number of benzene rings is 8. The van der Waals surface area contributed by atoms with Crippen LogP contribution in [0.3, 0.4) is 0 Å². The molecular formula is C51H29N3S. The lowest BCUT2D eigenvalue weighted by atomic mass is 9.63. The van der Waals surface area contributed by atoms with Gasteiger partial charge < -0.3 is 0 Å². The molecule has 3 aromatic heterocycles. The molecule has 0 fully saturated rings. The van der Waals surface area contributed by atoms with Crippen molar-refractivity contribution in [2.45, 2.75) is 5.41 Å². The Morgan fingerprint density at radius 1 is 0.436 bits per heavy atom. The molecule has 0 amide bonds. The minimum atomic E-state index is -0.503. The fourth-order valence-electron chi connectivity index (χ4n) is 10.1. The predicted octanol–water partition coefficient (Wildman–Crippen LogP) is 13.1. The third-order valence-corrected chi connectivity index (χ3v) is 13.4. The average Bonchev–Trinajstić information content (AvgIpc) is 3.90. The molecule has 1 spiro atoms. The Labute approximate surface area is 320 Å². The SMILES string of the molecule is c1ccc(-c2cc3c4c5c(cccc25)C2(c5ccccc5-c5ccccc52)c2cccc(c24)n3-c2nc(-c3ccccc3)c3sc4ccccc4c3n2)cc1. The van der Waals surface area contributed by atoms with Crippen molar-refractivity contribution in [1.82, 2.24) is 14.5 Å². The maximum absolute atomic E-state index is 5.56. The van der Waals surface area contributed by atoms with Crippen molar-refractivity contribution in [2.24, 2.45) is 0 Å². The molecule has 13 rings (SSSR count). The Bertz CT molecular complexity index is 3380. The van der Waals surface area contributed by atoms with Crippen LogP contribution < -0.4 is 0 Å². The summed E-state index contributed by atoms with van der Waals surface area (Å²) in [6.07, 6.45) is 0. The molecule has 8 aromatic carbocycles. The molecular weight excluding hydrogens is 687 g/mol. The van der Waals surface area contributed by atoms with E-state index >= 15 is 0 Å². The molecule has 3 nitrogen and oxygen atoms in total. The Balaban J connectivity index is 1.26. The minimum absolute atomic E-state index is 0.503. The zero-order chi connectivity index (χ0) is 35.8. The highest BCUT2D eigenvalue weighted by atomic mass is 32.1. The first-order chi connectivity index (χ1) is 27.3. The molecule has 4 heteroatoms. The summed E-state index contributed by atoms with van der Waals surface area (Å²) in [7, 11) is 0. The van der Waals surface area contributed by atoms with E-state index in [-0.39, 0.29) is 0 Å². The van der Waals surface area contributed by atoms with Crippen molar-refractivity contribution in [2.75, 3.05) is 0 Å². The molecule has 55 heavy (non-hydrogen) atoms. The van der Waals surface area contributed by atoms with E-state index in [1.165, 1.54) is 70.8 Å². The van der Waals surface area contributed by atoms with Gasteiger partial charge in [0.05, 0.1) is 32.4 Å². The largest absolute Gasteiger partial charge is 0.278 e. The highest BCUT2D eigenvalue weighted by molar-refractivity contribution is 7.26. The number of rotatable bonds is 3. The van der Waals surface area contributed by atoms with Gasteiger partial charge in [0.2, 0.25) is 5.95 Å². The topological polar surface area (TPSA) is 30.7 Å². The molecule has 0 atom stereocenters. The molecule has 0 saturated carbocycles. The first-order valence-electron chi connectivity index (χ1n) is 18.8. The molecule has 2 aliphatic carbocycles. The maximum atomic E-state index is 5.56. The van der Waals surface area contributed by atoms with Crippen molar-refractivity contribution in [1.29, 1.82) is 0 Å². The van der Waals surface area contributed by atoms with Crippen molar-refractivity contribution >= 4 is 64.2 Å². The Kier molecular flexibility index (Phi) is 5.71. The Morgan fingerprint density at radius 2 is 1.04 bits per heavy atom. The highest BCUT2D eigenvalue weighted by Gasteiger charge is 2.50. The molecule has 11 aromatic rings. The molecule has 254 valence electrons. The summed E-state index contributed by atoms with van der Waals surface area (Å²) >= 11 is 1.77. The highest BCUT2D eigenvalue weighted by Crippen LogP contribution is 2.62. The monoisotopic (exact) mass is 715 g/mol. The predicted molar refractivity (Wildman–Crippen MR) is 228 cm³/mol. The first-order valence-corrected chi connectivity index (χ1v) is 19.7. The number of thiophene rings is 1. The van der Waals surface area contributed by atoms with Crippen LogP contribution in [0.25, 0.3) is 92.3 Å². The van der Waals surface area contributed by atoms with Gasteiger partial charge in [0, 0.05) is 26.4 Å². The fourth-order valence-corrected chi connectivity index (χ4v) is 11.3. The van der Waals surface area contributed by atoms with E-state index in [9.17, 15) is 0 Å². The van der Waals surface area contributed by atoms with Crippen molar-refractivity contribution in [3.63, 3.8) is 0 Å². The van der Waals surface area contributed by atoms with Gasteiger partial charge in [-0.2, -0.15) is 0 Å². The summed E-state index contributed by atoms with van der Waals surface area (Å²) in [6.45, 7) is 0. The van der Waals surface area contributed by atoms with Crippen LogP contribution in [0, 0.1) is 0 Å². The van der Waals surface area contributed by atoms with E-state index in [0.717, 1.165) is 37.9 Å². The first kappa shape index (κ1) is 29.6. The van der Waals surface area contributed by atoms with Gasteiger partial charge >= 0.3 is 0 Å². The van der Waals surface area contributed by atoms with Crippen LogP contribution in [0.5, 0.6) is 0 Å². The standard InChI is InChI=1S/C51H29N3S/c1-3-15-30(16-4-1)36-29-42-46-44-34(36)22-13-25-39(44)51(37-23-10-7-19-32(37)33-20-8-11-24-38(33)51)40-26-14-27-41(45(40)46)54(42)50-52-47(31-17-5-2-6-18-31)49-48(53-50)35-21-9-12-28-43(35)55-49/h1-29H. The molecule has 3 heterocycles. The third kappa shape index (κ3) is 3.65. The number of fused-ring (bicyclic) bond motifs is 10. The summed E-state index contributed by atoms with van der Waals surface area (Å²) in [5.41, 5.74) is 15.1. The van der Waals surface area contributed by atoms with E-state index in [2.05, 4.69) is 180 Å². The molecule has 0 unspecified atom stereocenters. The van der Waals surface area contributed by atoms with Gasteiger partial charge in [-0.05, 0) is 73.5 Å². The van der Waals surface area contributed by atoms with Crippen LogP contribution in [0.15, 0.2) is 176 Å². The molecule has 0 saturated heterocycles. The van der Waals surface area contributed by atoms with E-state index < -0.39 is 5.41 Å². The van der Waals surface area contributed by atoms with Gasteiger partial charge in [0.25, 0.3) is 0 Å². The number of hydrogen-bond acceptors (Lipinski definition) is 3. The van der Waals surface area contributed by atoms with Crippen LogP contribution in [0.1, 0.15) is 22.3 Å². The summed E-state index contributed by atoms with van der Waals surface area (Å²) in [6, 6.07) is 64.5. The second kappa shape index (κ2) is 10.6. The Morgan fingerprint density at radius 3 is 1.80 bits per heavy atom. The van der Waals surface area contributed by atoms with Crippen LogP contribution in [-0.4, -0.2) is 14.5 Å². The number of aromatic nitrogens is 3. The van der Waals surface area contributed by atoms with Crippen LogP contribution >= 0.6 is 11.3 Å². The van der Waals surface area contributed by atoms with Crippen LogP contribution in [0.2, 0.25) is 0 Å². The van der Waals surface area contributed by atoms with Gasteiger partial charge in [-0.1, -0.05) is 158 Å². The van der Waals surface area contributed by atoms with Gasteiger partial charge in [0.15, 0.2) is 0 Å². The third-order valence-electron chi connectivity index (χ3n) is 12.2.